The van der Waals surface area contributed by atoms with Gasteiger partial charge < -0.3 is 70.4 Å². The summed E-state index contributed by atoms with van der Waals surface area (Å²) in [7, 11) is 0. The lowest BCUT2D eigenvalue weighted by atomic mass is 9.91. The fraction of sp³-hybridized carbons (Fsp3) is 0.800. The molecule has 1 aromatic heterocycles. The second-order valence-electron chi connectivity index (χ2n) is 16.5. The van der Waals surface area contributed by atoms with Crippen molar-refractivity contribution in [3.05, 3.63) is 45.3 Å². The van der Waals surface area contributed by atoms with Gasteiger partial charge in [-0.15, -0.1) is 0 Å². The molecular formula is C40H66N4O16. The predicted octanol–water partition coefficient (Wildman–Crippen LogP) is -1.70. The number of carbonyl (C=O) groups excluding carboxylic acids is 2. The van der Waals surface area contributed by atoms with Crippen LogP contribution in [0.15, 0.2) is 34.0 Å². The van der Waals surface area contributed by atoms with E-state index >= 15 is 0 Å². The molecule has 3 aliphatic rings. The molecule has 0 bridgehead atoms. The van der Waals surface area contributed by atoms with Crippen LogP contribution in [0.2, 0.25) is 0 Å². The molecule has 0 saturated carbocycles. The number of ether oxygens (including phenoxy) is 4. The van der Waals surface area contributed by atoms with Gasteiger partial charge >= 0.3 is 5.69 Å². The van der Waals surface area contributed by atoms with Crippen LogP contribution in [0.1, 0.15) is 104 Å². The number of hydrogen-bond acceptors (Lipinski definition) is 16. The highest BCUT2D eigenvalue weighted by Crippen LogP contribution is 2.34. The molecule has 3 aliphatic heterocycles. The van der Waals surface area contributed by atoms with Crippen LogP contribution in [-0.4, -0.2) is 155 Å². The summed E-state index contributed by atoms with van der Waals surface area (Å²) in [6.45, 7) is 4.83. The lowest BCUT2D eigenvalue weighted by Gasteiger charge is -2.47. The number of aromatic amines is 1. The topological polar surface area (TPSA) is 312 Å². The smallest absolute Gasteiger partial charge is 0.330 e. The summed E-state index contributed by atoms with van der Waals surface area (Å²) < 4.78 is 24.1. The van der Waals surface area contributed by atoms with E-state index in [4.69, 9.17) is 18.9 Å². The van der Waals surface area contributed by atoms with Gasteiger partial charge in [0.05, 0.1) is 18.8 Å². The second-order valence-corrected chi connectivity index (χ2v) is 16.5. The number of aromatic nitrogens is 2. The Morgan fingerprint density at radius 3 is 1.95 bits per heavy atom. The predicted molar refractivity (Wildman–Crippen MR) is 212 cm³/mol. The van der Waals surface area contributed by atoms with Crippen LogP contribution < -0.4 is 21.9 Å². The fourth-order valence-electron chi connectivity index (χ4n) is 7.80. The molecule has 15 atom stereocenters. The zero-order valence-corrected chi connectivity index (χ0v) is 34.5. The number of nitrogens with zero attached hydrogens (tertiary/aromatic N) is 1. The molecule has 11 N–H and O–H groups in total. The van der Waals surface area contributed by atoms with Gasteiger partial charge in [0.25, 0.3) is 5.56 Å². The molecule has 20 heteroatoms. The number of nitrogens with one attached hydrogen (secondary N) is 3. The first kappa shape index (κ1) is 49.5. The van der Waals surface area contributed by atoms with Crippen LogP contribution in [0.25, 0.3) is 0 Å². The van der Waals surface area contributed by atoms with Gasteiger partial charge in [-0.3, -0.25) is 23.9 Å². The van der Waals surface area contributed by atoms with E-state index in [9.17, 15) is 60.0 Å². The summed E-state index contributed by atoms with van der Waals surface area (Å²) in [5.41, 5.74) is -1.68. The third-order valence-corrected chi connectivity index (χ3v) is 11.2. The van der Waals surface area contributed by atoms with Crippen LogP contribution in [0.3, 0.4) is 0 Å². The summed E-state index contributed by atoms with van der Waals surface area (Å²) in [6.07, 6.45) is -6.31. The minimum absolute atomic E-state index is 0.597. The van der Waals surface area contributed by atoms with Crippen molar-refractivity contribution in [2.45, 2.75) is 190 Å². The van der Waals surface area contributed by atoms with E-state index in [0.29, 0.717) is 6.42 Å². The maximum atomic E-state index is 13.2. The quantitative estimate of drug-likeness (QED) is 0.0458. The van der Waals surface area contributed by atoms with E-state index in [1.165, 1.54) is 44.6 Å². The van der Waals surface area contributed by atoms with Crippen molar-refractivity contribution >= 4 is 11.8 Å². The lowest BCUT2D eigenvalue weighted by Crippen LogP contribution is -2.68. The number of carbonyl (C=O) groups is 2. The van der Waals surface area contributed by atoms with Gasteiger partial charge in [0.1, 0.15) is 60.9 Å². The standard InChI is InChI=1S/C40H66N4O16/c1-21(2)15-13-11-9-7-5-4-6-8-10-12-14-16-26(48)42-29-33(53)30(50)24(57-39(29)60-38-28(41-22(3)46)32(52)31(51)25(20-45)58-38)19-23(47)36-34(54)35(55)37(59-36)44-18-17-27(49)43-40(44)56/h14,16-18,21,23-25,28-39,45,47,50-55H,4-13,15,19-20H2,1-3H3,(H,41,46)(H,42,48)(H,43,49,56)/b16-14+/t23?,24-,25-,28-,29-,30+,31-,32-,33-,34+,35-,36-,37-,38-,39+/m1/s1. The zero-order chi connectivity index (χ0) is 44.1. The van der Waals surface area contributed by atoms with Gasteiger partial charge in [-0.2, -0.15) is 0 Å². The van der Waals surface area contributed by atoms with Crippen molar-refractivity contribution in [3.63, 3.8) is 0 Å². The summed E-state index contributed by atoms with van der Waals surface area (Å²) in [6, 6.07) is -2.01. The monoisotopic (exact) mass is 858 g/mol. The van der Waals surface area contributed by atoms with Crippen LogP contribution in [0.5, 0.6) is 0 Å². The third kappa shape index (κ3) is 13.7. The highest BCUT2D eigenvalue weighted by atomic mass is 16.8. The number of aliphatic hydroxyl groups excluding tert-OH is 8. The van der Waals surface area contributed by atoms with Crippen molar-refractivity contribution in [1.29, 1.82) is 0 Å². The van der Waals surface area contributed by atoms with Crippen molar-refractivity contribution in [2.24, 2.45) is 5.92 Å². The van der Waals surface area contributed by atoms with Gasteiger partial charge in [-0.25, -0.2) is 4.79 Å². The number of allylic oxidation sites excluding steroid dienone is 1. The van der Waals surface area contributed by atoms with Crippen molar-refractivity contribution < 1.29 is 69.4 Å². The van der Waals surface area contributed by atoms with Gasteiger partial charge in [0, 0.05) is 25.6 Å². The second kappa shape index (κ2) is 23.9. The molecule has 342 valence electrons. The summed E-state index contributed by atoms with van der Waals surface area (Å²) in [4.78, 5) is 51.2. The van der Waals surface area contributed by atoms with Crippen molar-refractivity contribution in [2.75, 3.05) is 6.61 Å². The number of unbranched alkanes of at least 4 members (excludes halogenated alkanes) is 9. The van der Waals surface area contributed by atoms with E-state index in [0.717, 1.165) is 55.4 Å². The highest BCUT2D eigenvalue weighted by molar-refractivity contribution is 5.87. The Morgan fingerprint density at radius 1 is 0.800 bits per heavy atom. The Labute approximate surface area is 348 Å². The molecule has 4 rings (SSSR count). The summed E-state index contributed by atoms with van der Waals surface area (Å²) >= 11 is 0. The number of H-pyrrole nitrogens is 1. The van der Waals surface area contributed by atoms with E-state index in [-0.39, 0.29) is 0 Å². The average molecular weight is 859 g/mol. The molecule has 1 aromatic rings. The van der Waals surface area contributed by atoms with Crippen LogP contribution in [0, 0.1) is 5.92 Å². The third-order valence-electron chi connectivity index (χ3n) is 11.2. The number of amides is 2. The molecule has 3 saturated heterocycles. The normalized spacial score (nSPS) is 33.9. The number of aliphatic hydroxyl groups is 8. The molecule has 0 aromatic carbocycles. The Hall–Kier alpha value is -3.12. The first-order valence-corrected chi connectivity index (χ1v) is 21.1. The van der Waals surface area contributed by atoms with E-state index < -0.39 is 128 Å². The molecule has 4 heterocycles. The maximum absolute atomic E-state index is 13.2. The first-order valence-electron chi connectivity index (χ1n) is 21.1. The molecular weight excluding hydrogens is 792 g/mol. The van der Waals surface area contributed by atoms with Gasteiger partial charge in [0.2, 0.25) is 11.8 Å². The number of hydrogen-bond donors (Lipinski definition) is 11. The Morgan fingerprint density at radius 2 is 1.37 bits per heavy atom. The van der Waals surface area contributed by atoms with E-state index in [1.807, 2.05) is 4.98 Å². The maximum Gasteiger partial charge on any atom is 0.330 e. The molecule has 3 fully saturated rings. The summed E-state index contributed by atoms with van der Waals surface area (Å²) in [5, 5.41) is 91.5. The molecule has 0 spiro atoms. The highest BCUT2D eigenvalue weighted by Gasteiger charge is 2.53. The zero-order valence-electron chi connectivity index (χ0n) is 34.5. The molecule has 1 unspecified atom stereocenters. The van der Waals surface area contributed by atoms with Crippen molar-refractivity contribution in [1.82, 2.24) is 20.2 Å². The Bertz CT molecular complexity index is 1630. The average Bonchev–Trinajstić information content (AvgIpc) is 3.49. The molecule has 60 heavy (non-hydrogen) atoms. The van der Waals surface area contributed by atoms with Gasteiger partial charge in [-0.05, 0) is 24.8 Å². The lowest BCUT2D eigenvalue weighted by molar-refractivity contribution is -0.346. The van der Waals surface area contributed by atoms with Crippen molar-refractivity contribution in [3.8, 4) is 0 Å². The molecule has 0 radical (unpaired) electrons. The number of rotatable bonds is 22. The van der Waals surface area contributed by atoms with Gasteiger partial charge in [0.15, 0.2) is 18.8 Å². The fourth-order valence-corrected chi connectivity index (χ4v) is 7.80. The van der Waals surface area contributed by atoms with E-state index in [2.05, 4.69) is 24.5 Å². The Kier molecular flexibility index (Phi) is 19.7. The largest absolute Gasteiger partial charge is 0.394 e. The SMILES string of the molecule is CC(=O)N[C@H]1[C@@H](O[C@@H]2O[C@H](CC(O)[C@H]3O[C@@H](n4ccc(=O)[nH]c4=O)[C@H](O)[C@@H]3O)[C@H](O)[C@H](O)[C@H]2NC(=O)/C=C/CCCCCCCCCCCC(C)C)O[C@H](CO)[C@@H](O)[C@@H]1O. The molecule has 2 amide bonds. The first-order chi connectivity index (χ1) is 28.5. The van der Waals surface area contributed by atoms with Gasteiger partial charge in [-0.1, -0.05) is 77.7 Å². The van der Waals surface area contributed by atoms with Crippen LogP contribution in [0.4, 0.5) is 0 Å². The van der Waals surface area contributed by atoms with Crippen LogP contribution in [-0.2, 0) is 28.5 Å². The van der Waals surface area contributed by atoms with E-state index in [1.54, 1.807) is 6.08 Å². The summed E-state index contributed by atoms with van der Waals surface area (Å²) in [5.74, 6) is -0.604. The minimum atomic E-state index is -1.85. The van der Waals surface area contributed by atoms with Crippen LogP contribution >= 0.6 is 0 Å². The molecule has 0 aliphatic carbocycles. The molecule has 20 nitrogen and oxygen atoms in total. The minimum Gasteiger partial charge on any atom is -0.394 e. The Balaban J connectivity index is 1.42.